The highest BCUT2D eigenvalue weighted by Crippen LogP contribution is 2.26. The van der Waals surface area contributed by atoms with Gasteiger partial charge in [-0.25, -0.2) is 4.98 Å². The number of rotatable bonds is 7. The Bertz CT molecular complexity index is 984. The molecule has 1 aromatic carbocycles. The number of nitrogens with zero attached hydrogens (tertiary/aromatic N) is 2. The normalized spacial score (nSPS) is 12.1. The Morgan fingerprint density at radius 2 is 1.83 bits per heavy atom. The smallest absolute Gasteiger partial charge is 0.266 e. The monoisotopic (exact) mass is 405 g/mol. The van der Waals surface area contributed by atoms with Crippen molar-refractivity contribution in [1.29, 1.82) is 0 Å². The van der Waals surface area contributed by atoms with E-state index in [0.717, 1.165) is 11.1 Å². The molecule has 2 heterocycles. The molecule has 1 atom stereocenters. The number of benzene rings is 1. The molecule has 1 amide bonds. The third-order valence-corrected chi connectivity index (χ3v) is 4.54. The van der Waals surface area contributed by atoms with Gasteiger partial charge >= 0.3 is 0 Å². The van der Waals surface area contributed by atoms with Gasteiger partial charge in [-0.05, 0) is 59.9 Å². The second-order valence-corrected chi connectivity index (χ2v) is 8.02. The fourth-order valence-corrected chi connectivity index (χ4v) is 2.75. The maximum atomic E-state index is 12.7. The average Bonchev–Trinajstić information content (AvgIpc) is 2.73. The molecule has 0 spiro atoms. The van der Waals surface area contributed by atoms with Crippen molar-refractivity contribution in [2.24, 2.45) is 0 Å². The molecule has 0 bridgehead atoms. The molecule has 6 nitrogen and oxygen atoms in total. The first kappa shape index (κ1) is 21.3. The van der Waals surface area contributed by atoms with Crippen LogP contribution in [0.2, 0.25) is 0 Å². The van der Waals surface area contributed by atoms with E-state index >= 15 is 0 Å². The Balaban J connectivity index is 1.64. The minimum atomic E-state index is -0.699. The van der Waals surface area contributed by atoms with Crippen molar-refractivity contribution in [3.8, 4) is 11.5 Å². The summed E-state index contributed by atoms with van der Waals surface area (Å²) >= 11 is 0. The fourth-order valence-electron chi connectivity index (χ4n) is 2.75. The van der Waals surface area contributed by atoms with Crippen LogP contribution >= 0.6 is 0 Å². The average molecular weight is 405 g/mol. The van der Waals surface area contributed by atoms with Gasteiger partial charge in [0.15, 0.2) is 17.7 Å². The lowest BCUT2D eigenvalue weighted by atomic mass is 9.87. The third-order valence-electron chi connectivity index (χ3n) is 4.54. The molecule has 1 N–H and O–H groups in total. The largest absolute Gasteiger partial charge is 0.485 e. The molecule has 6 heteroatoms. The number of anilines is 1. The maximum absolute atomic E-state index is 12.7. The Labute approximate surface area is 177 Å². The van der Waals surface area contributed by atoms with Gasteiger partial charge in [0.2, 0.25) is 0 Å². The first-order valence-corrected chi connectivity index (χ1v) is 9.88. The van der Waals surface area contributed by atoms with Crippen LogP contribution < -0.4 is 14.8 Å². The summed E-state index contributed by atoms with van der Waals surface area (Å²) in [5, 5.41) is 2.80. The summed E-state index contributed by atoms with van der Waals surface area (Å²) in [6.45, 7) is 8.46. The van der Waals surface area contributed by atoms with E-state index in [1.54, 1.807) is 37.6 Å². The summed E-state index contributed by atoms with van der Waals surface area (Å²) in [4.78, 5) is 20.9. The summed E-state index contributed by atoms with van der Waals surface area (Å²) < 4.78 is 11.7. The molecular weight excluding hydrogens is 378 g/mol. The van der Waals surface area contributed by atoms with Crippen LogP contribution in [0.3, 0.4) is 0 Å². The highest BCUT2D eigenvalue weighted by molar-refractivity contribution is 5.94. The molecule has 0 aliphatic carbocycles. The van der Waals surface area contributed by atoms with Gasteiger partial charge in [-0.1, -0.05) is 32.9 Å². The molecule has 0 aliphatic rings. The summed E-state index contributed by atoms with van der Waals surface area (Å²) in [7, 11) is 0. The lowest BCUT2D eigenvalue weighted by Crippen LogP contribution is -2.30. The number of amides is 1. The number of pyridine rings is 2. The number of hydrogen-bond donors (Lipinski definition) is 1. The van der Waals surface area contributed by atoms with E-state index < -0.39 is 6.10 Å². The van der Waals surface area contributed by atoms with E-state index in [0.29, 0.717) is 23.9 Å². The van der Waals surface area contributed by atoms with Crippen molar-refractivity contribution in [2.75, 3.05) is 5.32 Å². The quantitative estimate of drug-likeness (QED) is 0.614. The summed E-state index contributed by atoms with van der Waals surface area (Å²) in [5.41, 5.74) is 2.12. The summed E-state index contributed by atoms with van der Waals surface area (Å²) in [6.07, 6.45) is 4.32. The first-order valence-electron chi connectivity index (χ1n) is 9.88. The Morgan fingerprint density at radius 1 is 1.07 bits per heavy atom. The zero-order chi connectivity index (χ0) is 21.6. The second-order valence-electron chi connectivity index (χ2n) is 8.02. The molecule has 156 valence electrons. The molecule has 0 saturated heterocycles. The van der Waals surface area contributed by atoms with Gasteiger partial charge in [0.25, 0.3) is 5.91 Å². The van der Waals surface area contributed by atoms with Gasteiger partial charge in [0.1, 0.15) is 12.4 Å². The van der Waals surface area contributed by atoms with Crippen LogP contribution in [0.4, 0.5) is 5.82 Å². The fraction of sp³-hybridized carbons (Fsp3) is 0.292. The zero-order valence-electron chi connectivity index (χ0n) is 17.8. The topological polar surface area (TPSA) is 73.3 Å². The molecule has 3 rings (SSSR count). The highest BCUT2D eigenvalue weighted by atomic mass is 16.5. The van der Waals surface area contributed by atoms with Crippen LogP contribution in [0.15, 0.2) is 67.1 Å². The Hall–Kier alpha value is -3.41. The number of carbonyl (C=O) groups is 1. The van der Waals surface area contributed by atoms with Crippen LogP contribution in [0.25, 0.3) is 0 Å². The van der Waals surface area contributed by atoms with Crippen molar-refractivity contribution in [3.05, 3.63) is 78.2 Å². The molecule has 0 aliphatic heterocycles. The minimum Gasteiger partial charge on any atom is -0.485 e. The molecular formula is C24H27N3O3. The standard InChI is InChI=1S/C24H27N3O3/c1-17(30-20-8-5-7-19(15-20)24(2,3)4)23(28)27-22-21(9-6-12-26-22)29-16-18-10-13-25-14-11-18/h5-15,17H,16H2,1-4H3,(H,26,27,28). The molecule has 1 unspecified atom stereocenters. The third kappa shape index (κ3) is 5.80. The van der Waals surface area contributed by atoms with Gasteiger partial charge in [-0.15, -0.1) is 0 Å². The van der Waals surface area contributed by atoms with Gasteiger partial charge in [-0.3, -0.25) is 9.78 Å². The molecule has 3 aromatic rings. The maximum Gasteiger partial charge on any atom is 0.266 e. The number of carbonyl (C=O) groups excluding carboxylic acids is 1. The van der Waals surface area contributed by atoms with Crippen molar-refractivity contribution in [1.82, 2.24) is 9.97 Å². The van der Waals surface area contributed by atoms with E-state index in [-0.39, 0.29) is 11.3 Å². The predicted molar refractivity (Wildman–Crippen MR) is 117 cm³/mol. The van der Waals surface area contributed by atoms with Gasteiger partial charge < -0.3 is 14.8 Å². The number of aromatic nitrogens is 2. The zero-order valence-corrected chi connectivity index (χ0v) is 17.8. The Morgan fingerprint density at radius 3 is 2.57 bits per heavy atom. The number of hydrogen-bond acceptors (Lipinski definition) is 5. The van der Waals surface area contributed by atoms with E-state index in [1.807, 2.05) is 30.3 Å². The molecule has 2 aromatic heterocycles. The highest BCUT2D eigenvalue weighted by Gasteiger charge is 2.19. The minimum absolute atomic E-state index is 0.000117. The predicted octanol–water partition coefficient (Wildman–Crippen LogP) is 4.76. The second kappa shape index (κ2) is 9.39. The summed E-state index contributed by atoms with van der Waals surface area (Å²) in [6, 6.07) is 15.1. The van der Waals surface area contributed by atoms with Crippen molar-refractivity contribution >= 4 is 11.7 Å². The van der Waals surface area contributed by atoms with E-state index in [4.69, 9.17) is 9.47 Å². The van der Waals surface area contributed by atoms with Gasteiger partial charge in [0, 0.05) is 18.6 Å². The van der Waals surface area contributed by atoms with Gasteiger partial charge in [-0.2, -0.15) is 0 Å². The van der Waals surface area contributed by atoms with Crippen LogP contribution in [0, 0.1) is 0 Å². The van der Waals surface area contributed by atoms with Crippen molar-refractivity contribution in [3.63, 3.8) is 0 Å². The van der Waals surface area contributed by atoms with E-state index in [9.17, 15) is 4.79 Å². The molecule has 0 radical (unpaired) electrons. The number of ether oxygens (including phenoxy) is 2. The van der Waals surface area contributed by atoms with E-state index in [2.05, 4.69) is 42.1 Å². The van der Waals surface area contributed by atoms with Crippen LogP contribution in [0.1, 0.15) is 38.8 Å². The first-order chi connectivity index (χ1) is 14.3. The van der Waals surface area contributed by atoms with Crippen LogP contribution in [-0.4, -0.2) is 22.0 Å². The lowest BCUT2D eigenvalue weighted by molar-refractivity contribution is -0.122. The number of nitrogens with one attached hydrogen (secondary N) is 1. The van der Waals surface area contributed by atoms with Crippen LogP contribution in [0.5, 0.6) is 11.5 Å². The van der Waals surface area contributed by atoms with Gasteiger partial charge in [0.05, 0.1) is 0 Å². The van der Waals surface area contributed by atoms with E-state index in [1.165, 1.54) is 0 Å². The Kier molecular flexibility index (Phi) is 6.67. The molecule has 0 saturated carbocycles. The van der Waals surface area contributed by atoms with Crippen molar-refractivity contribution in [2.45, 2.75) is 45.8 Å². The SMILES string of the molecule is CC(Oc1cccc(C(C)(C)C)c1)C(=O)Nc1ncccc1OCc1ccncc1. The molecule has 0 fully saturated rings. The van der Waals surface area contributed by atoms with Crippen LogP contribution in [-0.2, 0) is 16.8 Å². The lowest BCUT2D eigenvalue weighted by Gasteiger charge is -2.21. The summed E-state index contributed by atoms with van der Waals surface area (Å²) in [5.74, 6) is 1.20. The molecule has 30 heavy (non-hydrogen) atoms. The van der Waals surface area contributed by atoms with Crippen molar-refractivity contribution < 1.29 is 14.3 Å².